The van der Waals surface area contributed by atoms with Gasteiger partial charge in [0, 0.05) is 0 Å². The number of hydrogen-bond acceptors (Lipinski definition) is 2. The Morgan fingerprint density at radius 2 is 2.23 bits per heavy atom. The second-order valence-electron chi connectivity index (χ2n) is 3.63. The van der Waals surface area contributed by atoms with Gasteiger partial charge in [0.2, 0.25) is 0 Å². The Morgan fingerprint density at radius 3 is 2.77 bits per heavy atom. The van der Waals surface area contributed by atoms with Gasteiger partial charge in [-0.05, 0) is 46.8 Å². The van der Waals surface area contributed by atoms with Crippen LogP contribution in [0.5, 0.6) is 5.75 Å². The summed E-state index contributed by atoms with van der Waals surface area (Å²) in [5.41, 5.74) is 0. The van der Waals surface area contributed by atoms with Crippen LogP contribution in [-0.4, -0.2) is 11.1 Å². The number of ether oxygens (including phenoxy) is 1. The number of hydrogen-bond donors (Lipinski definition) is 0. The molecule has 3 heteroatoms. The average molecular weight is 242 g/mol. The van der Waals surface area contributed by atoms with Gasteiger partial charge in [-0.15, -0.1) is 0 Å². The second-order valence-corrected chi connectivity index (χ2v) is 4.45. The summed E-state index contributed by atoms with van der Waals surface area (Å²) < 4.78 is 6.54. The van der Waals surface area contributed by atoms with Crippen molar-refractivity contribution in [1.29, 1.82) is 0 Å². The lowest BCUT2D eigenvalue weighted by atomic mass is 9.84. The molecule has 0 atom stereocenters. The van der Waals surface area contributed by atoms with Crippen molar-refractivity contribution in [2.45, 2.75) is 25.9 Å². The van der Waals surface area contributed by atoms with Crippen molar-refractivity contribution in [2.75, 3.05) is 0 Å². The van der Waals surface area contributed by atoms with Crippen LogP contribution in [0.25, 0.3) is 0 Å². The van der Waals surface area contributed by atoms with Gasteiger partial charge in [0.1, 0.15) is 10.4 Å². The predicted molar refractivity (Wildman–Crippen MR) is 54.8 cm³/mol. The molecule has 0 radical (unpaired) electrons. The summed E-state index contributed by atoms with van der Waals surface area (Å²) in [6, 6.07) is 3.84. The minimum Gasteiger partial charge on any atom is -0.489 e. The average Bonchev–Trinajstić information content (AvgIpc) is 2.06. The molecule has 1 saturated carbocycles. The zero-order valence-electron chi connectivity index (χ0n) is 7.53. The van der Waals surface area contributed by atoms with Crippen LogP contribution in [0.2, 0.25) is 0 Å². The first-order valence-electron chi connectivity index (χ1n) is 4.52. The zero-order chi connectivity index (χ0) is 9.26. The first kappa shape index (κ1) is 9.00. The molecule has 1 fully saturated rings. The van der Waals surface area contributed by atoms with Gasteiger partial charge in [0.15, 0.2) is 0 Å². The van der Waals surface area contributed by atoms with Gasteiger partial charge in [-0.25, -0.2) is 4.98 Å². The van der Waals surface area contributed by atoms with Crippen molar-refractivity contribution in [3.05, 3.63) is 22.9 Å². The van der Waals surface area contributed by atoms with E-state index in [4.69, 9.17) is 4.74 Å². The van der Waals surface area contributed by atoms with Gasteiger partial charge in [0.25, 0.3) is 0 Å². The van der Waals surface area contributed by atoms with E-state index in [1.165, 1.54) is 12.8 Å². The molecule has 0 aromatic carbocycles. The normalized spacial score (nSPS) is 26.6. The highest BCUT2D eigenvalue weighted by Gasteiger charge is 2.26. The second kappa shape index (κ2) is 3.66. The first-order chi connectivity index (χ1) is 6.24. The van der Waals surface area contributed by atoms with E-state index in [1.54, 1.807) is 6.20 Å². The molecule has 70 valence electrons. The van der Waals surface area contributed by atoms with Gasteiger partial charge >= 0.3 is 0 Å². The van der Waals surface area contributed by atoms with Gasteiger partial charge < -0.3 is 4.74 Å². The van der Waals surface area contributed by atoms with Crippen molar-refractivity contribution >= 4 is 15.9 Å². The first-order valence-corrected chi connectivity index (χ1v) is 5.31. The van der Waals surface area contributed by atoms with E-state index in [1.807, 2.05) is 12.1 Å². The quantitative estimate of drug-likeness (QED) is 0.743. The fourth-order valence-electron chi connectivity index (χ4n) is 1.55. The lowest BCUT2D eigenvalue weighted by Gasteiger charge is -2.32. The van der Waals surface area contributed by atoms with E-state index >= 15 is 0 Å². The molecule has 0 saturated heterocycles. The molecular formula is C10H12BrNO. The summed E-state index contributed by atoms with van der Waals surface area (Å²) in [6.07, 6.45) is 4.53. The number of aromatic nitrogens is 1. The van der Waals surface area contributed by atoms with Crippen molar-refractivity contribution in [1.82, 2.24) is 4.98 Å². The summed E-state index contributed by atoms with van der Waals surface area (Å²) in [7, 11) is 0. The summed E-state index contributed by atoms with van der Waals surface area (Å²) >= 11 is 3.29. The van der Waals surface area contributed by atoms with Crippen LogP contribution >= 0.6 is 15.9 Å². The SMILES string of the molecule is CC1CC(Oc2ccc(Br)nc2)C1. The topological polar surface area (TPSA) is 22.1 Å². The molecule has 1 aliphatic carbocycles. The molecule has 0 aliphatic heterocycles. The number of halogens is 1. The Kier molecular flexibility index (Phi) is 2.54. The van der Waals surface area contributed by atoms with E-state index in [0.717, 1.165) is 16.3 Å². The van der Waals surface area contributed by atoms with Crippen LogP contribution in [0, 0.1) is 5.92 Å². The maximum Gasteiger partial charge on any atom is 0.138 e. The monoisotopic (exact) mass is 241 g/mol. The van der Waals surface area contributed by atoms with Gasteiger partial charge in [-0.1, -0.05) is 6.92 Å². The molecule has 1 heterocycles. The smallest absolute Gasteiger partial charge is 0.138 e. The molecule has 1 aromatic rings. The fraction of sp³-hybridized carbons (Fsp3) is 0.500. The number of pyridine rings is 1. The molecule has 0 bridgehead atoms. The van der Waals surface area contributed by atoms with Crippen LogP contribution in [-0.2, 0) is 0 Å². The van der Waals surface area contributed by atoms with Crippen LogP contribution < -0.4 is 4.74 Å². The van der Waals surface area contributed by atoms with E-state index in [-0.39, 0.29) is 0 Å². The van der Waals surface area contributed by atoms with Gasteiger partial charge in [-0.3, -0.25) is 0 Å². The van der Waals surface area contributed by atoms with Crippen molar-refractivity contribution in [3.8, 4) is 5.75 Å². The third-order valence-corrected chi connectivity index (χ3v) is 2.80. The molecule has 0 unspecified atom stereocenters. The standard InChI is InChI=1S/C10H12BrNO/c1-7-4-9(5-7)13-8-2-3-10(11)12-6-8/h2-3,6-7,9H,4-5H2,1H3. The highest BCUT2D eigenvalue weighted by molar-refractivity contribution is 9.10. The summed E-state index contributed by atoms with van der Waals surface area (Å²) in [5, 5.41) is 0. The summed E-state index contributed by atoms with van der Waals surface area (Å²) in [5.74, 6) is 1.70. The molecule has 0 N–H and O–H groups in total. The van der Waals surface area contributed by atoms with Crippen molar-refractivity contribution in [2.24, 2.45) is 5.92 Å². The Bertz CT molecular complexity index is 279. The zero-order valence-corrected chi connectivity index (χ0v) is 9.12. The minimum atomic E-state index is 0.415. The highest BCUT2D eigenvalue weighted by atomic mass is 79.9. The maximum absolute atomic E-state index is 5.69. The molecule has 1 aromatic heterocycles. The Hall–Kier alpha value is -0.570. The molecule has 0 spiro atoms. The third kappa shape index (κ3) is 2.21. The summed E-state index contributed by atoms with van der Waals surface area (Å²) in [4.78, 5) is 4.10. The Labute approximate surface area is 86.5 Å². The van der Waals surface area contributed by atoms with Crippen molar-refractivity contribution in [3.63, 3.8) is 0 Å². The van der Waals surface area contributed by atoms with Crippen LogP contribution in [0.3, 0.4) is 0 Å². The van der Waals surface area contributed by atoms with Gasteiger partial charge in [-0.2, -0.15) is 0 Å². The molecule has 0 amide bonds. The van der Waals surface area contributed by atoms with E-state index in [0.29, 0.717) is 6.10 Å². The molecule has 2 rings (SSSR count). The third-order valence-electron chi connectivity index (χ3n) is 2.33. The number of nitrogens with zero attached hydrogens (tertiary/aromatic N) is 1. The van der Waals surface area contributed by atoms with Crippen molar-refractivity contribution < 1.29 is 4.74 Å². The molecule has 13 heavy (non-hydrogen) atoms. The van der Waals surface area contributed by atoms with E-state index in [9.17, 15) is 0 Å². The van der Waals surface area contributed by atoms with Crippen LogP contribution in [0.15, 0.2) is 22.9 Å². The minimum absolute atomic E-state index is 0.415. The fourth-order valence-corrected chi connectivity index (χ4v) is 1.78. The van der Waals surface area contributed by atoms with E-state index in [2.05, 4.69) is 27.8 Å². The van der Waals surface area contributed by atoms with Crippen LogP contribution in [0.4, 0.5) is 0 Å². The summed E-state index contributed by atoms with van der Waals surface area (Å²) in [6.45, 7) is 2.25. The molecular weight excluding hydrogens is 230 g/mol. The number of rotatable bonds is 2. The Morgan fingerprint density at radius 1 is 1.46 bits per heavy atom. The van der Waals surface area contributed by atoms with E-state index < -0.39 is 0 Å². The highest BCUT2D eigenvalue weighted by Crippen LogP contribution is 2.30. The predicted octanol–water partition coefficient (Wildman–Crippen LogP) is 3.02. The van der Waals surface area contributed by atoms with Gasteiger partial charge in [0.05, 0.1) is 12.3 Å². The Balaban J connectivity index is 1.91. The lowest BCUT2D eigenvalue weighted by Crippen LogP contribution is -2.31. The molecule has 1 aliphatic rings. The largest absolute Gasteiger partial charge is 0.489 e. The lowest BCUT2D eigenvalue weighted by molar-refractivity contribution is 0.0735. The maximum atomic E-state index is 5.69. The van der Waals surface area contributed by atoms with Crippen LogP contribution in [0.1, 0.15) is 19.8 Å². The molecule has 2 nitrogen and oxygen atoms in total.